The zero-order valence-electron chi connectivity index (χ0n) is 9.56. The number of benzene rings is 1. The van der Waals surface area contributed by atoms with Crippen LogP contribution in [0.2, 0.25) is 0 Å². The van der Waals surface area contributed by atoms with Gasteiger partial charge in [0.1, 0.15) is 0 Å². The highest BCUT2D eigenvalue weighted by Gasteiger charge is 2.08. The van der Waals surface area contributed by atoms with Crippen LogP contribution >= 0.6 is 43.2 Å². The van der Waals surface area contributed by atoms with Gasteiger partial charge in [0, 0.05) is 21.6 Å². The quantitative estimate of drug-likeness (QED) is 0.786. The Morgan fingerprint density at radius 3 is 2.58 bits per heavy atom. The van der Waals surface area contributed by atoms with Crippen molar-refractivity contribution in [2.75, 3.05) is 5.32 Å². The van der Waals surface area contributed by atoms with Crippen molar-refractivity contribution in [3.8, 4) is 0 Å². The van der Waals surface area contributed by atoms with Crippen molar-refractivity contribution < 1.29 is 8.42 Å². The fraction of sp³-hybridized carbons (Fsp3) is 0.0909. The van der Waals surface area contributed by atoms with Crippen LogP contribution in [-0.4, -0.2) is 8.42 Å². The van der Waals surface area contributed by atoms with Crippen LogP contribution in [0.15, 0.2) is 43.5 Å². The average Bonchev–Trinajstić information content (AvgIpc) is 2.66. The number of sulfonamides is 1. The van der Waals surface area contributed by atoms with Gasteiger partial charge < -0.3 is 5.32 Å². The average molecular weight is 426 g/mol. The molecule has 0 fully saturated rings. The van der Waals surface area contributed by atoms with Crippen molar-refractivity contribution in [3.63, 3.8) is 0 Å². The van der Waals surface area contributed by atoms with Gasteiger partial charge in [-0.25, -0.2) is 13.6 Å². The van der Waals surface area contributed by atoms with Gasteiger partial charge in [-0.05, 0) is 56.1 Å². The van der Waals surface area contributed by atoms with E-state index in [4.69, 9.17) is 5.14 Å². The molecule has 0 radical (unpaired) electrons. The number of hydrogen-bond acceptors (Lipinski definition) is 4. The lowest BCUT2D eigenvalue weighted by Gasteiger charge is -2.06. The Morgan fingerprint density at radius 1 is 1.26 bits per heavy atom. The van der Waals surface area contributed by atoms with Crippen LogP contribution in [0.3, 0.4) is 0 Å². The minimum Gasteiger partial charge on any atom is -0.380 e. The van der Waals surface area contributed by atoms with Crippen molar-refractivity contribution >= 4 is 58.9 Å². The van der Waals surface area contributed by atoms with Crippen LogP contribution in [0.1, 0.15) is 4.88 Å². The van der Waals surface area contributed by atoms with E-state index in [0.29, 0.717) is 12.2 Å². The van der Waals surface area contributed by atoms with Gasteiger partial charge in [-0.1, -0.05) is 6.07 Å². The maximum absolute atomic E-state index is 11.2. The maximum Gasteiger partial charge on any atom is 0.238 e. The summed E-state index contributed by atoms with van der Waals surface area (Å²) in [5.74, 6) is 0. The van der Waals surface area contributed by atoms with Crippen LogP contribution in [-0.2, 0) is 16.6 Å². The standard InChI is InChI=1S/C11H10Br2N2O2S2/c12-10-5-8(18-11(10)13)6-15-7-2-1-3-9(4-7)19(14,16)17/h1-5,15H,6H2,(H2,14,16,17). The predicted molar refractivity (Wildman–Crippen MR) is 84.9 cm³/mol. The van der Waals surface area contributed by atoms with E-state index < -0.39 is 10.0 Å². The summed E-state index contributed by atoms with van der Waals surface area (Å²) in [5.41, 5.74) is 0.715. The topological polar surface area (TPSA) is 72.2 Å². The zero-order chi connectivity index (χ0) is 14.0. The van der Waals surface area contributed by atoms with E-state index >= 15 is 0 Å². The summed E-state index contributed by atoms with van der Waals surface area (Å²) in [6, 6.07) is 8.45. The van der Waals surface area contributed by atoms with E-state index in [0.717, 1.165) is 13.1 Å². The fourth-order valence-electron chi connectivity index (χ4n) is 1.45. The first-order valence-electron chi connectivity index (χ1n) is 5.17. The normalized spacial score (nSPS) is 11.5. The van der Waals surface area contributed by atoms with E-state index in [1.54, 1.807) is 23.5 Å². The Balaban J connectivity index is 2.12. The van der Waals surface area contributed by atoms with Crippen LogP contribution < -0.4 is 10.5 Å². The lowest BCUT2D eigenvalue weighted by molar-refractivity contribution is 0.598. The van der Waals surface area contributed by atoms with E-state index in [1.165, 1.54) is 12.1 Å². The van der Waals surface area contributed by atoms with E-state index in [-0.39, 0.29) is 4.90 Å². The molecule has 0 saturated heterocycles. The molecule has 0 aliphatic carbocycles. The van der Waals surface area contributed by atoms with E-state index in [2.05, 4.69) is 37.2 Å². The molecule has 0 bridgehead atoms. The summed E-state index contributed by atoms with van der Waals surface area (Å²) >= 11 is 8.46. The van der Waals surface area contributed by atoms with Gasteiger partial charge in [0.25, 0.3) is 0 Å². The number of thiophene rings is 1. The molecular formula is C11H10Br2N2O2S2. The van der Waals surface area contributed by atoms with Gasteiger partial charge in [0.05, 0.1) is 8.68 Å². The molecule has 2 aromatic rings. The number of nitrogens with one attached hydrogen (secondary N) is 1. The van der Waals surface area contributed by atoms with Gasteiger partial charge >= 0.3 is 0 Å². The Kier molecular flexibility index (Phi) is 4.67. The Bertz CT molecular complexity index is 679. The van der Waals surface area contributed by atoms with E-state index in [1.807, 2.05) is 6.07 Å². The van der Waals surface area contributed by atoms with Gasteiger partial charge in [-0.15, -0.1) is 11.3 Å². The van der Waals surface area contributed by atoms with Crippen molar-refractivity contribution in [1.29, 1.82) is 0 Å². The Labute approximate surface area is 132 Å². The monoisotopic (exact) mass is 424 g/mol. The predicted octanol–water partition coefficient (Wildman–Crippen LogP) is 3.53. The third-order valence-electron chi connectivity index (χ3n) is 2.33. The van der Waals surface area contributed by atoms with Gasteiger partial charge in [0.2, 0.25) is 10.0 Å². The smallest absolute Gasteiger partial charge is 0.238 e. The second kappa shape index (κ2) is 5.92. The highest BCUT2D eigenvalue weighted by atomic mass is 79.9. The summed E-state index contributed by atoms with van der Waals surface area (Å²) in [7, 11) is -3.66. The molecule has 1 aromatic carbocycles. The molecule has 0 amide bonds. The van der Waals surface area contributed by atoms with Crippen LogP contribution in [0.25, 0.3) is 0 Å². The third-order valence-corrected chi connectivity index (χ3v) is 6.49. The van der Waals surface area contributed by atoms with Gasteiger partial charge in [-0.3, -0.25) is 0 Å². The van der Waals surface area contributed by atoms with Crippen molar-refractivity contribution in [2.45, 2.75) is 11.4 Å². The van der Waals surface area contributed by atoms with Crippen LogP contribution in [0.4, 0.5) is 5.69 Å². The molecule has 102 valence electrons. The second-order valence-electron chi connectivity index (χ2n) is 3.76. The third kappa shape index (κ3) is 4.03. The Morgan fingerprint density at radius 2 is 2.00 bits per heavy atom. The molecule has 0 atom stereocenters. The lowest BCUT2D eigenvalue weighted by Crippen LogP contribution is -2.12. The molecule has 3 N–H and O–H groups in total. The van der Waals surface area contributed by atoms with Crippen molar-refractivity contribution in [3.05, 3.63) is 43.5 Å². The van der Waals surface area contributed by atoms with Crippen molar-refractivity contribution in [1.82, 2.24) is 0 Å². The van der Waals surface area contributed by atoms with Crippen LogP contribution in [0.5, 0.6) is 0 Å². The number of primary sulfonamides is 1. The summed E-state index contributed by atoms with van der Waals surface area (Å²) in [6.07, 6.45) is 0. The highest BCUT2D eigenvalue weighted by Crippen LogP contribution is 2.32. The lowest BCUT2D eigenvalue weighted by atomic mass is 10.3. The number of hydrogen-bond donors (Lipinski definition) is 2. The highest BCUT2D eigenvalue weighted by molar-refractivity contribution is 9.13. The van der Waals surface area contributed by atoms with E-state index in [9.17, 15) is 8.42 Å². The minimum atomic E-state index is -3.66. The second-order valence-corrected chi connectivity index (χ2v) is 8.63. The molecule has 0 saturated carbocycles. The summed E-state index contributed by atoms with van der Waals surface area (Å²) in [6.45, 7) is 0.614. The summed E-state index contributed by atoms with van der Waals surface area (Å²) in [5, 5.41) is 8.25. The fourth-order valence-corrected chi connectivity index (χ4v) is 4.13. The summed E-state index contributed by atoms with van der Waals surface area (Å²) < 4.78 is 24.5. The van der Waals surface area contributed by atoms with Gasteiger partial charge in [0.15, 0.2) is 0 Å². The SMILES string of the molecule is NS(=O)(=O)c1cccc(NCc2cc(Br)c(Br)s2)c1. The summed E-state index contributed by atoms with van der Waals surface area (Å²) in [4.78, 5) is 1.23. The first kappa shape index (κ1) is 15.0. The molecule has 0 aliphatic heterocycles. The zero-order valence-corrected chi connectivity index (χ0v) is 14.4. The first-order valence-corrected chi connectivity index (χ1v) is 9.11. The minimum absolute atomic E-state index is 0.103. The number of nitrogens with two attached hydrogens (primary N) is 1. The molecule has 1 heterocycles. The molecule has 8 heteroatoms. The molecule has 0 aliphatic rings. The molecule has 2 rings (SSSR count). The molecule has 4 nitrogen and oxygen atoms in total. The van der Waals surface area contributed by atoms with Crippen molar-refractivity contribution in [2.24, 2.45) is 5.14 Å². The van der Waals surface area contributed by atoms with Crippen LogP contribution in [0, 0.1) is 0 Å². The maximum atomic E-state index is 11.2. The van der Waals surface area contributed by atoms with Gasteiger partial charge in [-0.2, -0.15) is 0 Å². The molecule has 1 aromatic heterocycles. The number of anilines is 1. The number of halogens is 2. The molecule has 0 spiro atoms. The Hall–Kier alpha value is -0.410. The number of rotatable bonds is 4. The first-order chi connectivity index (χ1) is 8.86. The molecule has 19 heavy (non-hydrogen) atoms. The molecular weight excluding hydrogens is 416 g/mol. The largest absolute Gasteiger partial charge is 0.380 e. The molecule has 0 unspecified atom stereocenters.